The number of hydrogen-bond donors (Lipinski definition) is 0. The molecule has 0 spiro atoms. The molecule has 0 N–H and O–H groups in total. The Kier molecular flexibility index (Phi) is 11.6. The molecule has 2 nitrogen and oxygen atoms in total. The Hall–Kier alpha value is -1.80. The zero-order valence-electron chi connectivity index (χ0n) is 19.0. The van der Waals surface area contributed by atoms with Crippen LogP contribution in [0.5, 0.6) is 5.75 Å². The van der Waals surface area contributed by atoms with Gasteiger partial charge in [-0.05, 0) is 61.8 Å². The maximum Gasteiger partial charge on any atom is 0.199 e. The van der Waals surface area contributed by atoms with Crippen LogP contribution in [0.15, 0.2) is 48.5 Å². The number of benzene rings is 2. The molecule has 0 aliphatic rings. The van der Waals surface area contributed by atoms with Gasteiger partial charge in [0.1, 0.15) is 5.75 Å². The largest absolute Gasteiger partial charge is 0.465 e. The van der Waals surface area contributed by atoms with E-state index in [4.69, 9.17) is 9.47 Å². The number of hydrogen-bond acceptors (Lipinski definition) is 2. The monoisotopic (exact) mass is 384 g/mol. The first kappa shape index (κ1) is 24.2. The fourth-order valence-electron chi connectivity index (χ4n) is 2.81. The second-order valence-electron chi connectivity index (χ2n) is 7.51. The first-order chi connectivity index (χ1) is 13.4. The summed E-state index contributed by atoms with van der Waals surface area (Å²) in [5, 5.41) is 0. The molecule has 0 amide bonds. The quantitative estimate of drug-likeness (QED) is 0.410. The van der Waals surface area contributed by atoms with Gasteiger partial charge in [-0.15, -0.1) is 0 Å². The molecule has 0 aliphatic carbocycles. The molecular formula is C26H40O2. The molecule has 156 valence electrons. The highest BCUT2D eigenvalue weighted by Crippen LogP contribution is 2.22. The summed E-state index contributed by atoms with van der Waals surface area (Å²) in [6.07, 6.45) is 3.12. The summed E-state index contributed by atoms with van der Waals surface area (Å²) in [4.78, 5) is 0. The van der Waals surface area contributed by atoms with Crippen LogP contribution in [-0.4, -0.2) is 12.9 Å². The second kappa shape index (κ2) is 13.4. The van der Waals surface area contributed by atoms with Gasteiger partial charge in [0.15, 0.2) is 6.29 Å². The molecule has 2 aromatic carbocycles. The minimum Gasteiger partial charge on any atom is -0.465 e. The molecule has 0 aromatic heterocycles. The van der Waals surface area contributed by atoms with E-state index in [-0.39, 0.29) is 6.29 Å². The standard InChI is InChI=1S/C15H24O2.C11H16/c1-5-12(4)13-8-10-14(11-9-13)17-15(6-2)16-7-3;1-4-10(3)11-7-5-9(2)6-8-11/h8-12,15H,5-7H2,1-4H3;5-8,10H,4H2,1-3H3. The lowest BCUT2D eigenvalue weighted by atomic mass is 9.98. The van der Waals surface area contributed by atoms with Crippen molar-refractivity contribution in [3.8, 4) is 5.75 Å². The summed E-state index contributed by atoms with van der Waals surface area (Å²) >= 11 is 0. The Morgan fingerprint density at radius 2 is 1.14 bits per heavy atom. The van der Waals surface area contributed by atoms with Gasteiger partial charge in [0, 0.05) is 13.0 Å². The van der Waals surface area contributed by atoms with Crippen LogP contribution in [0.3, 0.4) is 0 Å². The number of aryl methyl sites for hydroxylation is 1. The minimum atomic E-state index is -0.130. The number of ether oxygens (including phenoxy) is 2. The van der Waals surface area contributed by atoms with Gasteiger partial charge in [0.25, 0.3) is 0 Å². The van der Waals surface area contributed by atoms with Crippen molar-refractivity contribution in [3.63, 3.8) is 0 Å². The molecule has 0 fully saturated rings. The van der Waals surface area contributed by atoms with Crippen LogP contribution >= 0.6 is 0 Å². The van der Waals surface area contributed by atoms with E-state index >= 15 is 0 Å². The van der Waals surface area contributed by atoms with Crippen molar-refractivity contribution in [1.29, 1.82) is 0 Å². The van der Waals surface area contributed by atoms with E-state index < -0.39 is 0 Å². The predicted octanol–water partition coefficient (Wildman–Crippen LogP) is 7.86. The average molecular weight is 385 g/mol. The first-order valence-electron chi connectivity index (χ1n) is 10.9. The zero-order valence-corrected chi connectivity index (χ0v) is 19.0. The summed E-state index contributed by atoms with van der Waals surface area (Å²) < 4.78 is 11.2. The Labute approximate surface area is 173 Å². The SMILES string of the molecule is CCC(C)c1ccc(C)cc1.CCOC(CC)Oc1ccc(C(C)CC)cc1. The highest BCUT2D eigenvalue weighted by atomic mass is 16.7. The summed E-state index contributed by atoms with van der Waals surface area (Å²) in [5.41, 5.74) is 4.17. The Morgan fingerprint density at radius 1 is 0.679 bits per heavy atom. The van der Waals surface area contributed by atoms with Crippen LogP contribution in [0.4, 0.5) is 0 Å². The summed E-state index contributed by atoms with van der Waals surface area (Å²) in [7, 11) is 0. The molecule has 0 heterocycles. The van der Waals surface area contributed by atoms with Gasteiger partial charge in [0.05, 0.1) is 0 Å². The first-order valence-corrected chi connectivity index (χ1v) is 10.9. The molecule has 0 saturated carbocycles. The lowest BCUT2D eigenvalue weighted by Crippen LogP contribution is -2.19. The molecule has 2 rings (SSSR count). The molecule has 2 heteroatoms. The molecular weight excluding hydrogens is 344 g/mol. The summed E-state index contributed by atoms with van der Waals surface area (Å²) in [6, 6.07) is 17.2. The summed E-state index contributed by atoms with van der Waals surface area (Å²) in [5.74, 6) is 2.20. The lowest BCUT2D eigenvalue weighted by molar-refractivity contribution is -0.0766. The van der Waals surface area contributed by atoms with Gasteiger partial charge in [-0.3, -0.25) is 0 Å². The zero-order chi connectivity index (χ0) is 20.9. The highest BCUT2D eigenvalue weighted by molar-refractivity contribution is 5.29. The van der Waals surface area contributed by atoms with E-state index in [9.17, 15) is 0 Å². The number of rotatable bonds is 9. The van der Waals surface area contributed by atoms with E-state index in [1.807, 2.05) is 19.1 Å². The maximum absolute atomic E-state index is 5.75. The maximum atomic E-state index is 5.75. The third-order valence-corrected chi connectivity index (χ3v) is 5.27. The van der Waals surface area contributed by atoms with E-state index in [1.165, 1.54) is 23.1 Å². The minimum absolute atomic E-state index is 0.130. The molecule has 3 atom stereocenters. The van der Waals surface area contributed by atoms with Gasteiger partial charge in [-0.2, -0.15) is 0 Å². The molecule has 0 saturated heterocycles. The van der Waals surface area contributed by atoms with Crippen molar-refractivity contribution in [3.05, 3.63) is 65.2 Å². The topological polar surface area (TPSA) is 18.5 Å². The van der Waals surface area contributed by atoms with Crippen LogP contribution in [0, 0.1) is 6.92 Å². The van der Waals surface area contributed by atoms with E-state index in [0.29, 0.717) is 18.4 Å². The lowest BCUT2D eigenvalue weighted by Gasteiger charge is -2.17. The van der Waals surface area contributed by atoms with E-state index in [0.717, 1.165) is 18.6 Å². The van der Waals surface area contributed by atoms with Gasteiger partial charge in [0.2, 0.25) is 0 Å². The van der Waals surface area contributed by atoms with Crippen LogP contribution in [0.1, 0.15) is 89.3 Å². The molecule has 28 heavy (non-hydrogen) atoms. The van der Waals surface area contributed by atoms with E-state index in [1.54, 1.807) is 0 Å². The van der Waals surface area contributed by atoms with Crippen LogP contribution in [0.2, 0.25) is 0 Å². The van der Waals surface area contributed by atoms with Crippen molar-refractivity contribution in [2.24, 2.45) is 0 Å². The fraction of sp³-hybridized carbons (Fsp3) is 0.538. The van der Waals surface area contributed by atoms with Crippen LogP contribution < -0.4 is 4.74 Å². The highest BCUT2D eigenvalue weighted by Gasteiger charge is 2.08. The van der Waals surface area contributed by atoms with Crippen LogP contribution in [-0.2, 0) is 4.74 Å². The normalized spacial score (nSPS) is 13.8. The molecule has 3 unspecified atom stereocenters. The van der Waals surface area contributed by atoms with Gasteiger partial charge < -0.3 is 9.47 Å². The smallest absolute Gasteiger partial charge is 0.199 e. The molecule has 0 bridgehead atoms. The third-order valence-electron chi connectivity index (χ3n) is 5.27. The third kappa shape index (κ3) is 8.48. The summed E-state index contributed by atoms with van der Waals surface area (Å²) in [6.45, 7) is 15.8. The van der Waals surface area contributed by atoms with E-state index in [2.05, 4.69) is 77.9 Å². The second-order valence-corrected chi connectivity index (χ2v) is 7.51. The van der Waals surface area contributed by atoms with Gasteiger partial charge in [-0.1, -0.05) is 76.6 Å². The molecule has 2 aromatic rings. The van der Waals surface area contributed by atoms with Gasteiger partial charge >= 0.3 is 0 Å². The average Bonchev–Trinajstić information content (AvgIpc) is 2.73. The van der Waals surface area contributed by atoms with Crippen molar-refractivity contribution in [2.45, 2.75) is 85.9 Å². The molecule has 0 radical (unpaired) electrons. The van der Waals surface area contributed by atoms with Gasteiger partial charge in [-0.25, -0.2) is 0 Å². The van der Waals surface area contributed by atoms with Crippen molar-refractivity contribution < 1.29 is 9.47 Å². The molecule has 0 aliphatic heterocycles. The Balaban J connectivity index is 0.000000307. The van der Waals surface area contributed by atoms with Crippen molar-refractivity contribution >= 4 is 0 Å². The van der Waals surface area contributed by atoms with Crippen molar-refractivity contribution in [2.75, 3.05) is 6.61 Å². The Bertz CT molecular complexity index is 630. The predicted molar refractivity (Wildman–Crippen MR) is 121 cm³/mol. The van der Waals surface area contributed by atoms with Crippen LogP contribution in [0.25, 0.3) is 0 Å². The fourth-order valence-corrected chi connectivity index (χ4v) is 2.81. The Morgan fingerprint density at radius 3 is 1.54 bits per heavy atom. The van der Waals surface area contributed by atoms with Crippen molar-refractivity contribution in [1.82, 2.24) is 0 Å².